The van der Waals surface area contributed by atoms with Gasteiger partial charge in [0, 0.05) is 0 Å². The Morgan fingerprint density at radius 1 is 0.704 bits per heavy atom. The summed E-state index contributed by atoms with van der Waals surface area (Å²) < 4.78 is 6.45. The summed E-state index contributed by atoms with van der Waals surface area (Å²) in [6.07, 6.45) is 20.2. The van der Waals surface area contributed by atoms with Crippen LogP contribution >= 0.6 is 0 Å². The summed E-state index contributed by atoms with van der Waals surface area (Å²) in [6, 6.07) is 0. The Balaban J connectivity index is 2.24. The molecule has 2 saturated carbocycles. The van der Waals surface area contributed by atoms with Gasteiger partial charge in [-0.2, -0.15) is 0 Å². The normalized spacial score (nSPS) is 23.3. The average molecular weight is 379 g/mol. The number of unbranched alkanes of at least 4 members (excludes halogenated alkanes) is 4. The van der Waals surface area contributed by atoms with Gasteiger partial charge in [0.2, 0.25) is 0 Å². The van der Waals surface area contributed by atoms with Crippen molar-refractivity contribution in [2.45, 2.75) is 128 Å². The van der Waals surface area contributed by atoms with Crippen molar-refractivity contribution >= 4 is 0 Å². The van der Waals surface area contributed by atoms with Crippen molar-refractivity contribution in [3.05, 3.63) is 23.7 Å². The summed E-state index contributed by atoms with van der Waals surface area (Å²) >= 11 is 0. The maximum absolute atomic E-state index is 11.3. The summed E-state index contributed by atoms with van der Waals surface area (Å²) in [5, 5.41) is 22.7. The quantitative estimate of drug-likeness (QED) is 0.335. The van der Waals surface area contributed by atoms with E-state index in [2.05, 4.69) is 26.0 Å². The van der Waals surface area contributed by atoms with E-state index in [1.807, 2.05) is 0 Å². The number of hydrogen-bond acceptors (Lipinski definition) is 3. The molecular weight excluding hydrogens is 336 g/mol. The number of allylic oxidation sites excluding steroid dienone is 2. The fraction of sp³-hybridized carbons (Fsp3) is 0.833. The van der Waals surface area contributed by atoms with Crippen molar-refractivity contribution < 1.29 is 14.9 Å². The van der Waals surface area contributed by atoms with Crippen LogP contribution in [0, 0.1) is 0 Å². The van der Waals surface area contributed by atoms with E-state index in [4.69, 9.17) is 4.74 Å². The largest absolute Gasteiger partial charge is 0.461 e. The molecule has 27 heavy (non-hydrogen) atoms. The number of rotatable bonds is 10. The zero-order valence-electron chi connectivity index (χ0n) is 17.8. The number of ether oxygens (including phenoxy) is 1. The molecule has 3 heteroatoms. The molecule has 2 aliphatic rings. The Morgan fingerprint density at radius 3 is 1.41 bits per heavy atom. The van der Waals surface area contributed by atoms with Crippen LogP contribution < -0.4 is 0 Å². The molecule has 0 heterocycles. The monoisotopic (exact) mass is 378 g/mol. The molecule has 0 aromatic carbocycles. The van der Waals surface area contributed by atoms with E-state index in [1.165, 1.54) is 12.8 Å². The minimum atomic E-state index is -0.860. The maximum Gasteiger partial charge on any atom is 0.131 e. The predicted molar refractivity (Wildman–Crippen MR) is 112 cm³/mol. The molecular formula is C24H42O3. The summed E-state index contributed by atoms with van der Waals surface area (Å²) in [5.74, 6) is 1.41. The van der Waals surface area contributed by atoms with E-state index >= 15 is 0 Å². The lowest BCUT2D eigenvalue weighted by Crippen LogP contribution is -2.39. The third-order valence-electron chi connectivity index (χ3n) is 6.27. The minimum Gasteiger partial charge on any atom is -0.461 e. The fourth-order valence-corrected chi connectivity index (χ4v) is 4.41. The first-order valence-corrected chi connectivity index (χ1v) is 11.6. The summed E-state index contributed by atoms with van der Waals surface area (Å²) in [4.78, 5) is 0. The Labute approximate surface area is 166 Å². The smallest absolute Gasteiger partial charge is 0.131 e. The lowest BCUT2D eigenvalue weighted by atomic mass is 9.81. The van der Waals surface area contributed by atoms with Crippen molar-refractivity contribution in [1.82, 2.24) is 0 Å². The van der Waals surface area contributed by atoms with E-state index in [0.29, 0.717) is 11.5 Å². The van der Waals surface area contributed by atoms with Gasteiger partial charge in [0.1, 0.15) is 22.7 Å². The Kier molecular flexibility index (Phi) is 9.38. The van der Waals surface area contributed by atoms with Crippen LogP contribution in [-0.4, -0.2) is 21.4 Å². The van der Waals surface area contributed by atoms with Crippen LogP contribution in [0.4, 0.5) is 0 Å². The number of aliphatic hydroxyl groups is 2. The van der Waals surface area contributed by atoms with Gasteiger partial charge in [-0.25, -0.2) is 0 Å². The van der Waals surface area contributed by atoms with Crippen molar-refractivity contribution in [1.29, 1.82) is 0 Å². The van der Waals surface area contributed by atoms with Gasteiger partial charge in [0.25, 0.3) is 0 Å². The van der Waals surface area contributed by atoms with Crippen molar-refractivity contribution in [2.75, 3.05) is 0 Å². The Bertz CT molecular complexity index is 436. The van der Waals surface area contributed by atoms with Gasteiger partial charge in [-0.1, -0.05) is 65.2 Å². The zero-order valence-corrected chi connectivity index (χ0v) is 17.8. The second-order valence-electron chi connectivity index (χ2n) is 8.71. The van der Waals surface area contributed by atoms with Crippen molar-refractivity contribution in [2.24, 2.45) is 0 Å². The second-order valence-corrected chi connectivity index (χ2v) is 8.71. The van der Waals surface area contributed by atoms with Crippen LogP contribution in [0.5, 0.6) is 0 Å². The van der Waals surface area contributed by atoms with Crippen molar-refractivity contribution in [3.63, 3.8) is 0 Å². The van der Waals surface area contributed by atoms with Crippen LogP contribution in [0.1, 0.15) is 117 Å². The van der Waals surface area contributed by atoms with Gasteiger partial charge in [-0.05, 0) is 63.5 Å². The molecule has 2 aliphatic carbocycles. The van der Waals surface area contributed by atoms with E-state index in [0.717, 1.165) is 89.9 Å². The van der Waals surface area contributed by atoms with Gasteiger partial charge >= 0.3 is 0 Å². The molecule has 0 atom stereocenters. The van der Waals surface area contributed by atoms with Crippen LogP contribution in [0.3, 0.4) is 0 Å². The molecule has 0 aliphatic heterocycles. The third-order valence-corrected chi connectivity index (χ3v) is 6.27. The maximum atomic E-state index is 11.3. The third kappa shape index (κ3) is 6.64. The van der Waals surface area contributed by atoms with Crippen LogP contribution in [-0.2, 0) is 4.74 Å². The van der Waals surface area contributed by atoms with E-state index in [9.17, 15) is 10.2 Å². The highest BCUT2D eigenvalue weighted by molar-refractivity contribution is 5.19. The predicted octanol–water partition coefficient (Wildman–Crippen LogP) is 6.54. The molecule has 3 nitrogen and oxygen atoms in total. The lowest BCUT2D eigenvalue weighted by molar-refractivity contribution is -0.0437. The first-order chi connectivity index (χ1) is 13.0. The van der Waals surface area contributed by atoms with Crippen LogP contribution in [0.25, 0.3) is 0 Å². The van der Waals surface area contributed by atoms with E-state index < -0.39 is 11.2 Å². The topological polar surface area (TPSA) is 49.7 Å². The van der Waals surface area contributed by atoms with Gasteiger partial charge in [0.05, 0.1) is 0 Å². The molecule has 0 spiro atoms. The molecule has 156 valence electrons. The molecule has 0 aromatic heterocycles. The Hall–Kier alpha value is -0.800. The van der Waals surface area contributed by atoms with Gasteiger partial charge in [0.15, 0.2) is 0 Å². The second kappa shape index (κ2) is 11.3. The first-order valence-electron chi connectivity index (χ1n) is 11.6. The molecule has 2 N–H and O–H groups in total. The van der Waals surface area contributed by atoms with E-state index in [-0.39, 0.29) is 0 Å². The summed E-state index contributed by atoms with van der Waals surface area (Å²) in [6.45, 7) is 4.37. The first kappa shape index (κ1) is 22.5. The molecule has 0 saturated heterocycles. The zero-order chi connectivity index (χ0) is 19.6. The summed E-state index contributed by atoms with van der Waals surface area (Å²) in [7, 11) is 0. The molecule has 0 amide bonds. The van der Waals surface area contributed by atoms with Gasteiger partial charge < -0.3 is 14.9 Å². The SMILES string of the molecule is CCCCC=C(OC(=CCCCC)C1(O)CCCCC1)C1(O)CCCCC1. The standard InChI is InChI=1S/C24H42O3/c1-3-5-9-15-21(23(25)17-11-7-12-18-23)27-22(16-10-6-4-2)24(26)19-13-8-14-20-24/h15-16,25-26H,3-14,17-20H2,1-2H3. The highest BCUT2D eigenvalue weighted by Gasteiger charge is 2.40. The average Bonchev–Trinajstić information content (AvgIpc) is 2.67. The molecule has 2 fully saturated rings. The highest BCUT2D eigenvalue weighted by Crippen LogP contribution is 2.41. The minimum absolute atomic E-state index is 0.706. The molecule has 0 radical (unpaired) electrons. The molecule has 0 bridgehead atoms. The number of hydrogen-bond donors (Lipinski definition) is 2. The van der Waals surface area contributed by atoms with Gasteiger partial charge in [-0.15, -0.1) is 0 Å². The molecule has 0 unspecified atom stereocenters. The van der Waals surface area contributed by atoms with Gasteiger partial charge in [-0.3, -0.25) is 0 Å². The van der Waals surface area contributed by atoms with E-state index in [1.54, 1.807) is 0 Å². The molecule has 0 aromatic rings. The highest BCUT2D eigenvalue weighted by atomic mass is 16.5. The summed E-state index contributed by atoms with van der Waals surface area (Å²) in [5.41, 5.74) is -1.72. The van der Waals surface area contributed by atoms with Crippen LogP contribution in [0.15, 0.2) is 23.7 Å². The lowest BCUT2D eigenvalue weighted by Gasteiger charge is -2.39. The Morgan fingerprint density at radius 2 is 1.07 bits per heavy atom. The molecule has 2 rings (SSSR count). The van der Waals surface area contributed by atoms with Crippen molar-refractivity contribution in [3.8, 4) is 0 Å². The fourth-order valence-electron chi connectivity index (χ4n) is 4.41. The van der Waals surface area contributed by atoms with Crippen LogP contribution in [0.2, 0.25) is 0 Å².